The lowest BCUT2D eigenvalue weighted by Gasteiger charge is -2.30. The molecule has 0 bridgehead atoms. The van der Waals surface area contributed by atoms with Crippen molar-refractivity contribution in [2.24, 2.45) is 0 Å². The molecule has 0 aliphatic heterocycles. The molecule has 3 aliphatic rings. The highest BCUT2D eigenvalue weighted by Gasteiger charge is 2.40. The SMILES string of the molecule is O=C1C(=O)c2cc(C(=O)C3(O)CCCCC3)ccc2Cc2ccc(C(=O)C3(O)CCCCC3)cc21. The molecule has 2 aromatic carbocycles. The van der Waals surface area contributed by atoms with Crippen LogP contribution in [0.5, 0.6) is 0 Å². The molecule has 5 rings (SSSR count). The van der Waals surface area contributed by atoms with Gasteiger partial charge in [-0.05, 0) is 55.4 Å². The highest BCUT2D eigenvalue weighted by Crippen LogP contribution is 2.34. The summed E-state index contributed by atoms with van der Waals surface area (Å²) in [5, 5.41) is 21.7. The summed E-state index contributed by atoms with van der Waals surface area (Å²) in [5.74, 6) is -2.28. The van der Waals surface area contributed by atoms with Gasteiger partial charge in [0.05, 0.1) is 0 Å². The van der Waals surface area contributed by atoms with Crippen LogP contribution in [0.25, 0.3) is 0 Å². The lowest BCUT2D eigenvalue weighted by atomic mass is 9.79. The van der Waals surface area contributed by atoms with Gasteiger partial charge in [0.2, 0.25) is 11.6 Å². The van der Waals surface area contributed by atoms with E-state index in [1.165, 1.54) is 12.1 Å². The molecule has 0 aromatic heterocycles. The largest absolute Gasteiger partial charge is 0.382 e. The van der Waals surface area contributed by atoms with Gasteiger partial charge >= 0.3 is 0 Å². The van der Waals surface area contributed by atoms with Gasteiger partial charge in [-0.25, -0.2) is 0 Å². The van der Waals surface area contributed by atoms with Crippen LogP contribution in [0.1, 0.15) is 117 Å². The smallest absolute Gasteiger partial charge is 0.233 e. The topological polar surface area (TPSA) is 109 Å². The van der Waals surface area contributed by atoms with E-state index >= 15 is 0 Å². The van der Waals surface area contributed by atoms with Crippen molar-refractivity contribution in [3.63, 3.8) is 0 Å². The fraction of sp³-hybridized carbons (Fsp3) is 0.448. The monoisotopic (exact) mass is 474 g/mol. The van der Waals surface area contributed by atoms with Crippen molar-refractivity contribution >= 4 is 23.1 Å². The molecule has 2 fully saturated rings. The van der Waals surface area contributed by atoms with Crippen LogP contribution in [-0.4, -0.2) is 44.5 Å². The van der Waals surface area contributed by atoms with Gasteiger partial charge < -0.3 is 10.2 Å². The fourth-order valence-corrected chi connectivity index (χ4v) is 5.88. The maximum atomic E-state index is 13.2. The van der Waals surface area contributed by atoms with Crippen LogP contribution in [0.3, 0.4) is 0 Å². The van der Waals surface area contributed by atoms with Gasteiger partial charge in [-0.15, -0.1) is 0 Å². The maximum absolute atomic E-state index is 13.2. The van der Waals surface area contributed by atoms with Gasteiger partial charge in [-0.2, -0.15) is 0 Å². The Morgan fingerprint density at radius 3 is 1.34 bits per heavy atom. The number of hydrogen-bond donors (Lipinski definition) is 2. The minimum absolute atomic E-state index is 0.162. The molecule has 0 spiro atoms. The van der Waals surface area contributed by atoms with E-state index in [0.29, 0.717) is 43.2 Å². The fourth-order valence-electron chi connectivity index (χ4n) is 5.88. The third kappa shape index (κ3) is 4.19. The Morgan fingerprint density at radius 2 is 0.971 bits per heavy atom. The zero-order valence-electron chi connectivity index (χ0n) is 19.8. The van der Waals surface area contributed by atoms with Crippen molar-refractivity contribution in [2.75, 3.05) is 0 Å². The summed E-state index contributed by atoms with van der Waals surface area (Å²) in [4.78, 5) is 52.6. The molecule has 6 heteroatoms. The standard InChI is InChI=1S/C29H30O6/c30-24-22-16-20(26(32)28(34)11-3-1-4-12-28)9-7-18(22)15-19-8-10-21(17-23(19)25(24)31)27(33)29(35)13-5-2-6-14-29/h7-10,16-17,34-35H,1-6,11-15H2. The predicted molar refractivity (Wildman–Crippen MR) is 129 cm³/mol. The number of hydrogen-bond acceptors (Lipinski definition) is 6. The molecule has 2 N–H and O–H groups in total. The average Bonchev–Trinajstić information content (AvgIpc) is 2.98. The molecule has 0 radical (unpaired) electrons. The lowest BCUT2D eigenvalue weighted by Crippen LogP contribution is -2.40. The summed E-state index contributed by atoms with van der Waals surface area (Å²) >= 11 is 0. The second-order valence-electron chi connectivity index (χ2n) is 10.4. The molecule has 182 valence electrons. The number of Topliss-reactive ketones (excluding diaryl/α,β-unsaturated/α-hetero) is 4. The molecule has 0 heterocycles. The first-order valence-electron chi connectivity index (χ1n) is 12.6. The van der Waals surface area contributed by atoms with Crippen LogP contribution < -0.4 is 0 Å². The number of carbonyl (C=O) groups excluding carboxylic acids is 4. The Bertz CT molecular complexity index is 1130. The van der Waals surface area contributed by atoms with Crippen molar-refractivity contribution in [2.45, 2.75) is 81.8 Å². The summed E-state index contributed by atoms with van der Waals surface area (Å²) in [5.41, 5.74) is -0.820. The van der Waals surface area contributed by atoms with E-state index in [-0.39, 0.29) is 22.3 Å². The van der Waals surface area contributed by atoms with Crippen LogP contribution in [0, 0.1) is 0 Å². The van der Waals surface area contributed by atoms with E-state index in [1.54, 1.807) is 24.3 Å². The van der Waals surface area contributed by atoms with E-state index in [2.05, 4.69) is 0 Å². The van der Waals surface area contributed by atoms with E-state index in [0.717, 1.165) is 38.5 Å². The van der Waals surface area contributed by atoms with Crippen molar-refractivity contribution < 1.29 is 29.4 Å². The number of fused-ring (bicyclic) bond motifs is 2. The van der Waals surface area contributed by atoms with Crippen molar-refractivity contribution in [1.82, 2.24) is 0 Å². The maximum Gasteiger partial charge on any atom is 0.233 e. The van der Waals surface area contributed by atoms with Gasteiger partial charge in [-0.3, -0.25) is 19.2 Å². The molecule has 0 saturated heterocycles. The van der Waals surface area contributed by atoms with Crippen LogP contribution in [0.2, 0.25) is 0 Å². The minimum atomic E-state index is -1.43. The third-order valence-corrected chi connectivity index (χ3v) is 8.03. The molecule has 0 atom stereocenters. The van der Waals surface area contributed by atoms with E-state index in [4.69, 9.17) is 0 Å². The van der Waals surface area contributed by atoms with Crippen molar-refractivity contribution in [3.05, 3.63) is 69.8 Å². The molecular weight excluding hydrogens is 444 g/mol. The molecule has 6 nitrogen and oxygen atoms in total. The first-order chi connectivity index (χ1) is 16.7. The normalized spacial score (nSPS) is 21.0. The minimum Gasteiger partial charge on any atom is -0.382 e. The van der Waals surface area contributed by atoms with E-state index in [1.807, 2.05) is 0 Å². The second kappa shape index (κ2) is 8.92. The summed E-state index contributed by atoms with van der Waals surface area (Å²) in [6.07, 6.45) is 6.93. The summed E-state index contributed by atoms with van der Waals surface area (Å²) in [6.45, 7) is 0. The zero-order valence-corrected chi connectivity index (χ0v) is 19.8. The summed E-state index contributed by atoms with van der Waals surface area (Å²) in [6, 6.07) is 9.47. The predicted octanol–water partition coefficient (Wildman–Crippen LogP) is 4.41. The number of ketones is 4. The second-order valence-corrected chi connectivity index (χ2v) is 10.4. The third-order valence-electron chi connectivity index (χ3n) is 8.03. The molecule has 3 aliphatic carbocycles. The van der Waals surface area contributed by atoms with Gasteiger partial charge in [0, 0.05) is 22.3 Å². The van der Waals surface area contributed by atoms with E-state index in [9.17, 15) is 29.4 Å². The van der Waals surface area contributed by atoms with Gasteiger partial charge in [0.25, 0.3) is 0 Å². The van der Waals surface area contributed by atoms with Crippen LogP contribution in [0.4, 0.5) is 0 Å². The number of aliphatic hydroxyl groups is 2. The number of carbonyl (C=O) groups is 4. The highest BCUT2D eigenvalue weighted by atomic mass is 16.3. The molecule has 2 saturated carbocycles. The number of benzene rings is 2. The highest BCUT2D eigenvalue weighted by molar-refractivity contribution is 6.50. The Labute approximate surface area is 204 Å². The summed E-state index contributed by atoms with van der Waals surface area (Å²) < 4.78 is 0. The summed E-state index contributed by atoms with van der Waals surface area (Å²) in [7, 11) is 0. The Kier molecular flexibility index (Phi) is 6.06. The first-order valence-corrected chi connectivity index (χ1v) is 12.6. The lowest BCUT2D eigenvalue weighted by molar-refractivity contribution is 0.0116. The first kappa shape index (κ1) is 23.8. The Hall–Kier alpha value is -2.96. The van der Waals surface area contributed by atoms with Crippen LogP contribution in [0.15, 0.2) is 36.4 Å². The van der Waals surface area contributed by atoms with E-state index < -0.39 is 34.3 Å². The van der Waals surface area contributed by atoms with Gasteiger partial charge in [-0.1, -0.05) is 62.8 Å². The molecule has 0 unspecified atom stereocenters. The molecule has 2 aromatic rings. The van der Waals surface area contributed by atoms with Crippen molar-refractivity contribution in [3.8, 4) is 0 Å². The van der Waals surface area contributed by atoms with Crippen LogP contribution >= 0.6 is 0 Å². The zero-order chi connectivity index (χ0) is 24.8. The quantitative estimate of drug-likeness (QED) is 0.502. The average molecular weight is 475 g/mol. The Morgan fingerprint density at radius 1 is 0.600 bits per heavy atom. The van der Waals surface area contributed by atoms with Gasteiger partial charge in [0.1, 0.15) is 11.2 Å². The molecule has 35 heavy (non-hydrogen) atoms. The number of rotatable bonds is 4. The van der Waals surface area contributed by atoms with Gasteiger partial charge in [0.15, 0.2) is 11.6 Å². The Balaban J connectivity index is 1.47. The molecular formula is C29H30O6. The van der Waals surface area contributed by atoms with Crippen molar-refractivity contribution in [1.29, 1.82) is 0 Å². The molecule has 0 amide bonds. The van der Waals surface area contributed by atoms with Crippen LogP contribution in [-0.2, 0) is 6.42 Å².